The van der Waals surface area contributed by atoms with Crippen molar-refractivity contribution in [1.82, 2.24) is 9.62 Å². The topological polar surface area (TPSA) is 75.7 Å². The van der Waals surface area contributed by atoms with Crippen LogP contribution < -0.4 is 5.32 Å². The largest absolute Gasteiger partial charge is 0.465 e. The molecular formula is C13H19ClN2O4S. The zero-order valence-electron chi connectivity index (χ0n) is 11.9. The highest BCUT2D eigenvalue weighted by molar-refractivity contribution is 7.89. The van der Waals surface area contributed by atoms with E-state index in [9.17, 15) is 13.2 Å². The Bertz CT molecular complexity index is 606. The molecule has 118 valence electrons. The molecule has 0 bridgehead atoms. The number of carbonyl (C=O) groups is 1. The Balaban J connectivity index is 0.00000220. The van der Waals surface area contributed by atoms with Gasteiger partial charge in [-0.2, -0.15) is 4.31 Å². The highest BCUT2D eigenvalue weighted by Gasteiger charge is 2.31. The minimum absolute atomic E-state index is 0. The highest BCUT2D eigenvalue weighted by Crippen LogP contribution is 2.22. The molecule has 0 saturated carbocycles. The van der Waals surface area contributed by atoms with Crippen molar-refractivity contribution >= 4 is 28.4 Å². The lowest BCUT2D eigenvalue weighted by molar-refractivity contribution is 0.0596. The van der Waals surface area contributed by atoms with Gasteiger partial charge in [0.2, 0.25) is 10.0 Å². The second-order valence-electron chi connectivity index (χ2n) is 4.71. The molecule has 2 rings (SSSR count). The number of rotatable bonds is 3. The Morgan fingerprint density at radius 2 is 2.05 bits per heavy atom. The smallest absolute Gasteiger partial charge is 0.339 e. The third-order valence-electron chi connectivity index (χ3n) is 3.24. The molecule has 0 unspecified atom stereocenters. The first-order chi connectivity index (χ1) is 9.46. The molecule has 1 aliphatic rings. The van der Waals surface area contributed by atoms with Gasteiger partial charge < -0.3 is 10.1 Å². The first-order valence-electron chi connectivity index (χ1n) is 6.37. The van der Waals surface area contributed by atoms with Crippen LogP contribution in [0, 0.1) is 0 Å². The molecule has 21 heavy (non-hydrogen) atoms. The van der Waals surface area contributed by atoms with Crippen LogP contribution in [0.25, 0.3) is 0 Å². The minimum Gasteiger partial charge on any atom is -0.465 e. The molecule has 1 aromatic carbocycles. The van der Waals surface area contributed by atoms with Crippen molar-refractivity contribution in [3.05, 3.63) is 29.8 Å². The van der Waals surface area contributed by atoms with Gasteiger partial charge in [-0.15, -0.1) is 12.4 Å². The van der Waals surface area contributed by atoms with Crippen molar-refractivity contribution in [1.29, 1.82) is 0 Å². The molecule has 1 fully saturated rings. The number of carbonyl (C=O) groups excluding carboxylic acids is 1. The van der Waals surface area contributed by atoms with E-state index in [-0.39, 0.29) is 28.9 Å². The average Bonchev–Trinajstić information content (AvgIpc) is 2.46. The van der Waals surface area contributed by atoms with Crippen LogP contribution in [-0.2, 0) is 14.8 Å². The molecule has 8 heteroatoms. The Kier molecular flexibility index (Phi) is 6.15. The second kappa shape index (κ2) is 7.22. The fraction of sp³-hybridized carbons (Fsp3) is 0.462. The maximum absolute atomic E-state index is 12.7. The summed E-state index contributed by atoms with van der Waals surface area (Å²) in [5.74, 6) is -0.646. The number of sulfonamides is 1. The van der Waals surface area contributed by atoms with Crippen LogP contribution in [-0.4, -0.2) is 51.5 Å². The Hall–Kier alpha value is -1.15. The van der Waals surface area contributed by atoms with Crippen molar-refractivity contribution in [2.45, 2.75) is 17.9 Å². The lowest BCUT2D eigenvalue weighted by Crippen LogP contribution is -2.51. The van der Waals surface area contributed by atoms with E-state index in [0.717, 1.165) is 0 Å². The standard InChI is InChI=1S/C13H18N2O4S.ClH/c1-10-9-15(8-7-14-10)20(17,18)12-6-4-3-5-11(12)13(16)19-2;/h3-6,10,14H,7-9H2,1-2H3;1H/t10-;/m0./s1. The number of esters is 1. The van der Waals surface area contributed by atoms with Crippen LogP contribution in [0.15, 0.2) is 29.2 Å². The van der Waals surface area contributed by atoms with E-state index < -0.39 is 16.0 Å². The van der Waals surface area contributed by atoms with Gasteiger partial charge in [-0.25, -0.2) is 13.2 Å². The maximum Gasteiger partial charge on any atom is 0.339 e. The maximum atomic E-state index is 12.7. The van der Waals surface area contributed by atoms with Crippen LogP contribution in [0.3, 0.4) is 0 Å². The van der Waals surface area contributed by atoms with Gasteiger partial charge in [0.25, 0.3) is 0 Å². The minimum atomic E-state index is -3.69. The molecule has 1 N–H and O–H groups in total. The molecule has 0 aromatic heterocycles. The summed E-state index contributed by atoms with van der Waals surface area (Å²) in [6.45, 7) is 3.30. The summed E-state index contributed by atoms with van der Waals surface area (Å²) >= 11 is 0. The van der Waals surface area contributed by atoms with Crippen molar-refractivity contribution < 1.29 is 17.9 Å². The number of hydrogen-bond acceptors (Lipinski definition) is 5. The zero-order valence-corrected chi connectivity index (χ0v) is 13.5. The molecule has 0 radical (unpaired) electrons. The third kappa shape index (κ3) is 3.74. The van der Waals surface area contributed by atoms with E-state index in [4.69, 9.17) is 0 Å². The summed E-state index contributed by atoms with van der Waals surface area (Å²) in [5.41, 5.74) is 0.0705. The van der Waals surface area contributed by atoms with Gasteiger partial charge in [0.05, 0.1) is 17.6 Å². The molecule has 0 aliphatic carbocycles. The summed E-state index contributed by atoms with van der Waals surface area (Å²) in [7, 11) is -2.45. The van der Waals surface area contributed by atoms with Gasteiger partial charge in [0.15, 0.2) is 0 Å². The van der Waals surface area contributed by atoms with Crippen LogP contribution in [0.4, 0.5) is 0 Å². The zero-order chi connectivity index (χ0) is 14.8. The Morgan fingerprint density at radius 1 is 1.38 bits per heavy atom. The van der Waals surface area contributed by atoms with Gasteiger partial charge in [0, 0.05) is 25.7 Å². The second-order valence-corrected chi connectivity index (χ2v) is 6.61. The fourth-order valence-corrected chi connectivity index (χ4v) is 3.93. The lowest BCUT2D eigenvalue weighted by Gasteiger charge is -2.31. The molecule has 1 aromatic rings. The van der Waals surface area contributed by atoms with Crippen LogP contribution in [0.2, 0.25) is 0 Å². The molecule has 1 heterocycles. The summed E-state index contributed by atoms with van der Waals surface area (Å²) in [4.78, 5) is 11.7. The first-order valence-corrected chi connectivity index (χ1v) is 7.81. The van der Waals surface area contributed by atoms with Crippen molar-refractivity contribution in [2.75, 3.05) is 26.7 Å². The number of methoxy groups -OCH3 is 1. The average molecular weight is 335 g/mol. The summed E-state index contributed by atoms with van der Waals surface area (Å²) in [5, 5.41) is 3.19. The van der Waals surface area contributed by atoms with Gasteiger partial charge in [-0.05, 0) is 19.1 Å². The van der Waals surface area contributed by atoms with Gasteiger partial charge in [-0.1, -0.05) is 12.1 Å². The number of nitrogens with zero attached hydrogens (tertiary/aromatic N) is 1. The summed E-state index contributed by atoms with van der Waals surface area (Å²) in [6, 6.07) is 6.21. The number of halogens is 1. The number of hydrogen-bond donors (Lipinski definition) is 1. The number of ether oxygens (including phenoxy) is 1. The van der Waals surface area contributed by atoms with E-state index in [1.54, 1.807) is 12.1 Å². The molecule has 1 aliphatic heterocycles. The third-order valence-corrected chi connectivity index (χ3v) is 5.16. The predicted octanol–water partition coefficient (Wildman–Crippen LogP) is 0.877. The van der Waals surface area contributed by atoms with Crippen molar-refractivity contribution in [2.24, 2.45) is 0 Å². The lowest BCUT2D eigenvalue weighted by atomic mass is 10.2. The van der Waals surface area contributed by atoms with Crippen LogP contribution >= 0.6 is 12.4 Å². The number of piperazine rings is 1. The van der Waals surface area contributed by atoms with Gasteiger partial charge in [0.1, 0.15) is 0 Å². The summed E-state index contributed by atoms with van der Waals surface area (Å²) < 4.78 is 31.4. The fourth-order valence-electron chi connectivity index (χ4n) is 2.22. The van der Waals surface area contributed by atoms with Gasteiger partial charge >= 0.3 is 5.97 Å². The molecule has 0 amide bonds. The molecule has 0 spiro atoms. The van der Waals surface area contributed by atoms with Gasteiger partial charge in [-0.3, -0.25) is 0 Å². The number of benzene rings is 1. The molecule has 1 saturated heterocycles. The van der Waals surface area contributed by atoms with Crippen LogP contribution in [0.5, 0.6) is 0 Å². The molecule has 1 atom stereocenters. The van der Waals surface area contributed by atoms with Crippen molar-refractivity contribution in [3.63, 3.8) is 0 Å². The molecular weight excluding hydrogens is 316 g/mol. The highest BCUT2D eigenvalue weighted by atomic mass is 35.5. The monoisotopic (exact) mass is 334 g/mol. The summed E-state index contributed by atoms with van der Waals surface area (Å²) in [6.07, 6.45) is 0. The molecule has 6 nitrogen and oxygen atoms in total. The number of nitrogens with one attached hydrogen (secondary N) is 1. The van der Waals surface area contributed by atoms with E-state index in [1.807, 2.05) is 6.92 Å². The van der Waals surface area contributed by atoms with E-state index >= 15 is 0 Å². The van der Waals surface area contributed by atoms with E-state index in [1.165, 1.54) is 23.5 Å². The Morgan fingerprint density at radius 3 is 2.67 bits per heavy atom. The Labute approximate surface area is 130 Å². The van der Waals surface area contributed by atoms with Crippen molar-refractivity contribution in [3.8, 4) is 0 Å². The normalized spacial score (nSPS) is 19.6. The predicted molar refractivity (Wildman–Crippen MR) is 81.3 cm³/mol. The quantitative estimate of drug-likeness (QED) is 0.830. The van der Waals surface area contributed by atoms with E-state index in [2.05, 4.69) is 10.1 Å². The van der Waals surface area contributed by atoms with Crippen LogP contribution in [0.1, 0.15) is 17.3 Å². The SMILES string of the molecule is COC(=O)c1ccccc1S(=O)(=O)N1CCN[C@@H](C)C1.Cl. The first kappa shape index (κ1) is 17.9. The van der Waals surface area contributed by atoms with E-state index in [0.29, 0.717) is 19.6 Å².